The van der Waals surface area contributed by atoms with Crippen LogP contribution in [0.25, 0.3) is 0 Å². The van der Waals surface area contributed by atoms with Crippen molar-refractivity contribution >= 4 is 5.91 Å². The highest BCUT2D eigenvalue weighted by Gasteiger charge is 2.52. The van der Waals surface area contributed by atoms with Gasteiger partial charge in [0.1, 0.15) is 31.7 Å². The number of hydrogen-bond donors (Lipinski definition) is 0. The summed E-state index contributed by atoms with van der Waals surface area (Å²) in [4.78, 5) is 29.5. The van der Waals surface area contributed by atoms with Gasteiger partial charge in [0.05, 0.1) is 5.54 Å². The number of carbonyl (C=O) groups excluding carboxylic acids is 1. The molecule has 1 aliphatic carbocycles. The predicted molar refractivity (Wildman–Crippen MR) is 152 cm³/mol. The molecule has 7 heteroatoms. The van der Waals surface area contributed by atoms with Gasteiger partial charge in [-0.25, -0.2) is 0 Å². The molecule has 7 nitrogen and oxygen atoms in total. The highest BCUT2D eigenvalue weighted by atomic mass is 16.5. The molecule has 4 aromatic rings. The largest absolute Gasteiger partial charge is 0.489 e. The molecule has 1 amide bonds. The molecule has 2 bridgehead atoms. The monoisotopic (exact) mass is 531 g/mol. The van der Waals surface area contributed by atoms with Gasteiger partial charge >= 0.3 is 0 Å². The number of aromatic nitrogens is 1. The lowest BCUT2D eigenvalue weighted by molar-refractivity contribution is 0.0602. The molecular formula is C33H29N3O4. The molecule has 0 saturated heterocycles. The third-order valence-corrected chi connectivity index (χ3v) is 7.96. The SMILES string of the molecule is O=C1c2c(OCc3ccccc3)c(=O)ccn2N2CN1C1(/C=C/COc3ccccc3[C@H]2c2ccccc2)CC1. The maximum Gasteiger partial charge on any atom is 0.278 e. The highest BCUT2D eigenvalue weighted by Crippen LogP contribution is 2.47. The quantitative estimate of drug-likeness (QED) is 0.345. The second kappa shape index (κ2) is 9.75. The van der Waals surface area contributed by atoms with Crippen LogP contribution in [-0.2, 0) is 6.61 Å². The topological polar surface area (TPSA) is 64.0 Å². The summed E-state index contributed by atoms with van der Waals surface area (Å²) in [6.45, 7) is 0.924. The molecule has 0 radical (unpaired) electrons. The lowest BCUT2D eigenvalue weighted by Gasteiger charge is -2.46. The van der Waals surface area contributed by atoms with Gasteiger partial charge in [-0.2, -0.15) is 0 Å². The Balaban J connectivity index is 1.44. The number of para-hydroxylation sites is 1. The van der Waals surface area contributed by atoms with Crippen molar-refractivity contribution in [2.45, 2.75) is 31.0 Å². The van der Waals surface area contributed by atoms with Crippen LogP contribution in [0.15, 0.2) is 114 Å². The van der Waals surface area contributed by atoms with Crippen LogP contribution < -0.4 is 19.9 Å². The molecule has 0 unspecified atom stereocenters. The molecular weight excluding hydrogens is 502 g/mol. The molecule has 3 aliphatic rings. The number of ether oxygens (including phenoxy) is 2. The second-order valence-electron chi connectivity index (χ2n) is 10.5. The number of carbonyl (C=O) groups is 1. The van der Waals surface area contributed by atoms with Crippen LogP contribution in [-0.4, -0.2) is 34.3 Å². The van der Waals surface area contributed by atoms with Gasteiger partial charge in [-0.3, -0.25) is 19.3 Å². The number of pyridine rings is 1. The first-order valence-corrected chi connectivity index (χ1v) is 13.6. The van der Waals surface area contributed by atoms with E-state index in [1.807, 2.05) is 82.4 Å². The molecule has 3 heterocycles. The number of amides is 1. The van der Waals surface area contributed by atoms with Gasteiger partial charge in [0.25, 0.3) is 5.91 Å². The van der Waals surface area contributed by atoms with Crippen LogP contribution in [0.2, 0.25) is 0 Å². The minimum atomic E-state index is -0.426. The first-order chi connectivity index (χ1) is 19.6. The van der Waals surface area contributed by atoms with Crippen LogP contribution in [0, 0.1) is 0 Å². The van der Waals surface area contributed by atoms with Crippen LogP contribution in [0.4, 0.5) is 0 Å². The lowest BCUT2D eigenvalue weighted by Crippen LogP contribution is -2.58. The Morgan fingerprint density at radius 3 is 2.38 bits per heavy atom. The maximum atomic E-state index is 14.3. The zero-order valence-corrected chi connectivity index (χ0v) is 22.0. The van der Waals surface area contributed by atoms with Crippen LogP contribution >= 0.6 is 0 Å². The van der Waals surface area contributed by atoms with Crippen LogP contribution in [0.5, 0.6) is 11.5 Å². The van der Waals surface area contributed by atoms with E-state index in [0.29, 0.717) is 13.3 Å². The Morgan fingerprint density at radius 2 is 1.60 bits per heavy atom. The Bertz CT molecular complexity index is 1640. The molecule has 200 valence electrons. The lowest BCUT2D eigenvalue weighted by atomic mass is 9.97. The van der Waals surface area contributed by atoms with Crippen molar-refractivity contribution in [1.29, 1.82) is 0 Å². The van der Waals surface area contributed by atoms with E-state index in [9.17, 15) is 9.59 Å². The predicted octanol–water partition coefficient (Wildman–Crippen LogP) is 5.05. The molecule has 1 aromatic heterocycles. The average molecular weight is 532 g/mol. The Morgan fingerprint density at radius 1 is 0.875 bits per heavy atom. The first kappa shape index (κ1) is 24.3. The van der Waals surface area contributed by atoms with E-state index in [1.54, 1.807) is 6.20 Å². The first-order valence-electron chi connectivity index (χ1n) is 13.6. The van der Waals surface area contributed by atoms with Gasteiger partial charge in [0.2, 0.25) is 5.43 Å². The van der Waals surface area contributed by atoms with E-state index >= 15 is 0 Å². The van der Waals surface area contributed by atoms with E-state index in [0.717, 1.165) is 35.3 Å². The van der Waals surface area contributed by atoms with Crippen molar-refractivity contribution in [1.82, 2.24) is 9.58 Å². The summed E-state index contributed by atoms with van der Waals surface area (Å²) in [7, 11) is 0. The van der Waals surface area contributed by atoms with Crippen molar-refractivity contribution in [3.8, 4) is 11.5 Å². The minimum absolute atomic E-state index is 0.0667. The van der Waals surface area contributed by atoms with Crippen molar-refractivity contribution in [3.63, 3.8) is 0 Å². The van der Waals surface area contributed by atoms with Crippen LogP contribution in [0.3, 0.4) is 0 Å². The summed E-state index contributed by atoms with van der Waals surface area (Å²) < 4.78 is 14.3. The van der Waals surface area contributed by atoms with Crippen LogP contribution in [0.1, 0.15) is 46.1 Å². The Kier molecular flexibility index (Phi) is 5.92. The number of hydrogen-bond acceptors (Lipinski definition) is 5. The molecule has 0 N–H and O–H groups in total. The summed E-state index contributed by atoms with van der Waals surface area (Å²) in [5, 5.41) is 2.14. The van der Waals surface area contributed by atoms with Crippen molar-refractivity contribution in [3.05, 3.63) is 142 Å². The molecule has 40 heavy (non-hydrogen) atoms. The fourth-order valence-corrected chi connectivity index (χ4v) is 5.79. The fourth-order valence-electron chi connectivity index (χ4n) is 5.79. The van der Waals surface area contributed by atoms with Gasteiger partial charge in [-0.1, -0.05) is 84.9 Å². The fraction of sp³-hybridized carbons (Fsp3) is 0.212. The standard InChI is InChI=1S/C33H29N3O4/c37-27-16-20-35-30(31(27)40-22-24-10-3-1-4-11-24)32(38)34-23-36(35)29(25-12-5-2-6-13-25)26-14-7-8-15-28(26)39-21-9-17-33(34)18-19-33/h1-17,20,29H,18-19,21-23H2/b17-9+/t29-/m1/s1. The zero-order chi connectivity index (χ0) is 27.1. The maximum absolute atomic E-state index is 14.3. The van der Waals surface area contributed by atoms with Crippen molar-refractivity contribution in [2.75, 3.05) is 18.3 Å². The van der Waals surface area contributed by atoms with Gasteiger partial charge in [0.15, 0.2) is 11.4 Å². The van der Waals surface area contributed by atoms with Crippen molar-refractivity contribution < 1.29 is 14.3 Å². The Labute approximate surface area is 232 Å². The van der Waals surface area contributed by atoms with E-state index in [2.05, 4.69) is 29.3 Å². The zero-order valence-electron chi connectivity index (χ0n) is 22.0. The number of fused-ring (bicyclic) bond motifs is 6. The molecule has 3 aromatic carbocycles. The molecule has 1 fully saturated rings. The van der Waals surface area contributed by atoms with Gasteiger partial charge in [-0.05, 0) is 36.1 Å². The average Bonchev–Trinajstić information content (AvgIpc) is 3.78. The normalized spacial score (nSPS) is 19.6. The third kappa shape index (κ3) is 4.14. The summed E-state index contributed by atoms with van der Waals surface area (Å²) >= 11 is 0. The van der Waals surface area contributed by atoms with E-state index in [4.69, 9.17) is 9.47 Å². The molecule has 2 aliphatic heterocycles. The summed E-state index contributed by atoms with van der Waals surface area (Å²) in [5.74, 6) is 0.635. The molecule has 7 rings (SSSR count). The number of nitrogens with zero attached hydrogens (tertiary/aromatic N) is 3. The summed E-state index contributed by atoms with van der Waals surface area (Å²) in [6.07, 6.45) is 7.49. The van der Waals surface area contributed by atoms with E-state index < -0.39 is 5.54 Å². The molecule has 1 spiro atoms. The second-order valence-corrected chi connectivity index (χ2v) is 10.5. The van der Waals surface area contributed by atoms with Crippen molar-refractivity contribution in [2.24, 2.45) is 0 Å². The molecule has 1 saturated carbocycles. The molecule has 1 atom stereocenters. The smallest absolute Gasteiger partial charge is 0.278 e. The van der Waals surface area contributed by atoms with E-state index in [-0.39, 0.29) is 35.4 Å². The summed E-state index contributed by atoms with van der Waals surface area (Å²) in [5.41, 5.74) is 2.43. The van der Waals surface area contributed by atoms with Gasteiger partial charge < -0.3 is 14.4 Å². The van der Waals surface area contributed by atoms with E-state index in [1.165, 1.54) is 6.07 Å². The highest BCUT2D eigenvalue weighted by molar-refractivity contribution is 5.97. The number of benzene rings is 3. The van der Waals surface area contributed by atoms with Gasteiger partial charge in [-0.15, -0.1) is 0 Å². The third-order valence-electron chi connectivity index (χ3n) is 7.96. The van der Waals surface area contributed by atoms with Gasteiger partial charge in [0, 0.05) is 17.8 Å². The number of rotatable bonds is 4. The summed E-state index contributed by atoms with van der Waals surface area (Å²) in [6, 6.07) is 29.1. The Hall–Kier alpha value is -4.78. The minimum Gasteiger partial charge on any atom is -0.489 e.